The smallest absolute Gasteiger partial charge is 0.191 e. The van der Waals surface area contributed by atoms with Crippen LogP contribution < -0.4 is 20.3 Å². The second-order valence-corrected chi connectivity index (χ2v) is 8.35. The van der Waals surface area contributed by atoms with Crippen LogP contribution in [-0.4, -0.2) is 50.3 Å². The maximum atomic E-state index is 5.98. The fourth-order valence-corrected chi connectivity index (χ4v) is 4.53. The number of nitrogens with zero attached hydrogens (tertiary/aromatic N) is 2. The third kappa shape index (κ3) is 5.94. The van der Waals surface area contributed by atoms with Crippen molar-refractivity contribution in [2.75, 3.05) is 43.1 Å². The minimum Gasteiger partial charge on any atom is -0.488 e. The van der Waals surface area contributed by atoms with E-state index < -0.39 is 0 Å². The topological polar surface area (TPSA) is 48.9 Å². The first-order chi connectivity index (χ1) is 13.8. The Balaban J connectivity index is 0.00000240. The monoisotopic (exact) mass is 524 g/mol. The molecule has 2 aliphatic heterocycles. The lowest BCUT2D eigenvalue weighted by molar-refractivity contribution is 0.235. The number of hydrogen-bond donors (Lipinski definition) is 2. The summed E-state index contributed by atoms with van der Waals surface area (Å²) in [6.07, 6.45) is 1.09. The van der Waals surface area contributed by atoms with Crippen LogP contribution in [-0.2, 0) is 13.0 Å². The first-order valence-corrected chi connectivity index (χ1v) is 11.1. The number of rotatable bonds is 5. The van der Waals surface area contributed by atoms with Crippen molar-refractivity contribution in [2.45, 2.75) is 19.1 Å². The van der Waals surface area contributed by atoms with Crippen molar-refractivity contribution >= 4 is 47.4 Å². The summed E-state index contributed by atoms with van der Waals surface area (Å²) < 4.78 is 5.98. The highest BCUT2D eigenvalue weighted by atomic mass is 127. The third-order valence-electron chi connectivity index (χ3n) is 5.21. The van der Waals surface area contributed by atoms with Gasteiger partial charge in [-0.2, -0.15) is 11.8 Å². The Labute approximate surface area is 194 Å². The van der Waals surface area contributed by atoms with Crippen LogP contribution in [0.15, 0.2) is 53.5 Å². The molecule has 0 bridgehead atoms. The molecule has 0 saturated carbocycles. The molecule has 2 aromatic rings. The molecule has 1 atom stereocenters. The summed E-state index contributed by atoms with van der Waals surface area (Å²) in [5.41, 5.74) is 3.86. The summed E-state index contributed by atoms with van der Waals surface area (Å²) in [6, 6.07) is 17.1. The van der Waals surface area contributed by atoms with Gasteiger partial charge in [0.05, 0.1) is 6.54 Å². The number of fused-ring (bicyclic) bond motifs is 1. The van der Waals surface area contributed by atoms with Gasteiger partial charge in [-0.1, -0.05) is 30.3 Å². The molecule has 0 aliphatic carbocycles. The van der Waals surface area contributed by atoms with Crippen molar-refractivity contribution in [3.05, 3.63) is 59.7 Å². The molecule has 7 heteroatoms. The molecule has 0 aromatic heterocycles. The lowest BCUT2D eigenvalue weighted by Gasteiger charge is -2.28. The van der Waals surface area contributed by atoms with Crippen molar-refractivity contribution < 1.29 is 4.74 Å². The molecular weight excluding hydrogens is 495 g/mol. The Bertz CT molecular complexity index is 784. The second kappa shape index (κ2) is 11.0. The number of ether oxygens (including phenoxy) is 1. The van der Waals surface area contributed by atoms with Crippen LogP contribution in [0.1, 0.15) is 11.1 Å². The normalized spacial score (nSPS) is 18.4. The second-order valence-electron chi connectivity index (χ2n) is 7.12. The fourth-order valence-electron chi connectivity index (χ4n) is 3.63. The van der Waals surface area contributed by atoms with Crippen molar-refractivity contribution in [3.8, 4) is 5.75 Å². The van der Waals surface area contributed by atoms with Gasteiger partial charge < -0.3 is 20.3 Å². The number of halogens is 1. The summed E-state index contributed by atoms with van der Waals surface area (Å²) in [4.78, 5) is 6.80. The first-order valence-electron chi connectivity index (χ1n) is 9.92. The van der Waals surface area contributed by atoms with E-state index in [4.69, 9.17) is 4.74 Å². The molecule has 4 rings (SSSR count). The quantitative estimate of drug-likeness (QED) is 0.356. The average molecular weight is 524 g/mol. The zero-order chi connectivity index (χ0) is 19.2. The van der Waals surface area contributed by atoms with E-state index in [1.807, 2.05) is 23.9 Å². The zero-order valence-electron chi connectivity index (χ0n) is 16.8. The van der Waals surface area contributed by atoms with E-state index >= 15 is 0 Å². The molecule has 2 aliphatic rings. The first kappa shape index (κ1) is 22.1. The van der Waals surface area contributed by atoms with Gasteiger partial charge in [-0.25, -0.2) is 0 Å². The van der Waals surface area contributed by atoms with Gasteiger partial charge >= 0.3 is 0 Å². The van der Waals surface area contributed by atoms with E-state index in [2.05, 4.69) is 56.9 Å². The number of benzene rings is 2. The lowest BCUT2D eigenvalue weighted by Crippen LogP contribution is -2.41. The molecule has 2 heterocycles. The van der Waals surface area contributed by atoms with Gasteiger partial charge in [-0.3, -0.25) is 4.99 Å². The molecule has 2 aromatic carbocycles. The van der Waals surface area contributed by atoms with Gasteiger partial charge in [-0.15, -0.1) is 24.0 Å². The van der Waals surface area contributed by atoms with Crippen LogP contribution in [0.3, 0.4) is 0 Å². The zero-order valence-corrected chi connectivity index (χ0v) is 19.9. The molecule has 1 saturated heterocycles. The number of guanidine groups is 1. The summed E-state index contributed by atoms with van der Waals surface area (Å²) in [7, 11) is 1.80. The minimum absolute atomic E-state index is 0. The molecule has 2 N–H and O–H groups in total. The molecule has 0 radical (unpaired) electrons. The van der Waals surface area contributed by atoms with E-state index in [1.54, 1.807) is 7.05 Å². The van der Waals surface area contributed by atoms with E-state index in [0.717, 1.165) is 44.3 Å². The standard InChI is InChI=1S/C22H28N4OS.HI/c1-23-22(25-16-20-14-18-4-2-3-5-21(18)27-20)24-15-17-6-8-19(9-7-17)26-10-12-28-13-11-26;/h2-9,20H,10-16H2,1H3,(H2,23,24,25);1H. The van der Waals surface area contributed by atoms with E-state index in [0.29, 0.717) is 0 Å². The number of aliphatic imine (C=N–C) groups is 1. The predicted octanol–water partition coefficient (Wildman–Crippen LogP) is 3.53. The van der Waals surface area contributed by atoms with E-state index in [1.165, 1.54) is 28.3 Å². The summed E-state index contributed by atoms with van der Waals surface area (Å²) in [6.45, 7) is 3.78. The third-order valence-corrected chi connectivity index (χ3v) is 6.15. The molecule has 5 nitrogen and oxygen atoms in total. The summed E-state index contributed by atoms with van der Waals surface area (Å²) >= 11 is 2.04. The van der Waals surface area contributed by atoms with Crippen LogP contribution in [0.2, 0.25) is 0 Å². The Hall–Kier alpha value is -1.61. The van der Waals surface area contributed by atoms with Gasteiger partial charge in [0.15, 0.2) is 5.96 Å². The largest absolute Gasteiger partial charge is 0.488 e. The lowest BCUT2D eigenvalue weighted by atomic mass is 10.1. The van der Waals surface area contributed by atoms with Crippen LogP contribution in [0.5, 0.6) is 5.75 Å². The Kier molecular flexibility index (Phi) is 8.35. The van der Waals surface area contributed by atoms with Gasteiger partial charge in [0.25, 0.3) is 0 Å². The van der Waals surface area contributed by atoms with E-state index in [9.17, 15) is 0 Å². The summed E-state index contributed by atoms with van der Waals surface area (Å²) in [5.74, 6) is 4.25. The molecule has 1 unspecified atom stereocenters. The summed E-state index contributed by atoms with van der Waals surface area (Å²) in [5, 5.41) is 6.78. The SMILES string of the molecule is CN=C(NCc1ccc(N2CCSCC2)cc1)NCC1Cc2ccccc2O1.I. The molecule has 29 heavy (non-hydrogen) atoms. The van der Waals surface area contributed by atoms with Gasteiger partial charge in [0.1, 0.15) is 11.9 Å². The fraction of sp³-hybridized carbons (Fsp3) is 0.409. The average Bonchev–Trinajstić information content (AvgIpc) is 3.18. The molecule has 1 fully saturated rings. The van der Waals surface area contributed by atoms with E-state index in [-0.39, 0.29) is 30.1 Å². The Morgan fingerprint density at radius 3 is 2.59 bits per heavy atom. The number of nitrogens with one attached hydrogen (secondary N) is 2. The maximum absolute atomic E-state index is 5.98. The van der Waals surface area contributed by atoms with Crippen LogP contribution >= 0.6 is 35.7 Å². The van der Waals surface area contributed by atoms with Crippen molar-refractivity contribution in [1.82, 2.24) is 10.6 Å². The molecule has 156 valence electrons. The molecule has 0 spiro atoms. The van der Waals surface area contributed by atoms with Crippen LogP contribution in [0.4, 0.5) is 5.69 Å². The number of hydrogen-bond acceptors (Lipinski definition) is 4. The van der Waals surface area contributed by atoms with Gasteiger partial charge in [-0.05, 0) is 29.3 Å². The molecule has 0 amide bonds. The van der Waals surface area contributed by atoms with Crippen LogP contribution in [0.25, 0.3) is 0 Å². The highest BCUT2D eigenvalue weighted by Gasteiger charge is 2.22. The Morgan fingerprint density at radius 2 is 1.86 bits per heavy atom. The van der Waals surface area contributed by atoms with Crippen molar-refractivity contribution in [3.63, 3.8) is 0 Å². The number of thioether (sulfide) groups is 1. The van der Waals surface area contributed by atoms with Crippen molar-refractivity contribution in [1.29, 1.82) is 0 Å². The Morgan fingerprint density at radius 1 is 1.10 bits per heavy atom. The number of anilines is 1. The maximum Gasteiger partial charge on any atom is 0.191 e. The van der Waals surface area contributed by atoms with Gasteiger partial charge in [0.2, 0.25) is 0 Å². The predicted molar refractivity (Wildman–Crippen MR) is 134 cm³/mol. The number of para-hydroxylation sites is 1. The highest BCUT2D eigenvalue weighted by molar-refractivity contribution is 14.0. The highest BCUT2D eigenvalue weighted by Crippen LogP contribution is 2.27. The van der Waals surface area contributed by atoms with Crippen LogP contribution in [0, 0.1) is 0 Å². The van der Waals surface area contributed by atoms with Gasteiger partial charge in [0, 0.05) is 50.3 Å². The molecular formula is C22H29IN4OS. The minimum atomic E-state index is 0. The van der Waals surface area contributed by atoms with Crippen molar-refractivity contribution in [2.24, 2.45) is 4.99 Å².